The summed E-state index contributed by atoms with van der Waals surface area (Å²) in [6.07, 6.45) is 7.85. The van der Waals surface area contributed by atoms with Crippen molar-refractivity contribution in [3.05, 3.63) is 59.7 Å². The molecule has 0 aliphatic heterocycles. The van der Waals surface area contributed by atoms with E-state index in [4.69, 9.17) is 16.2 Å². The topological polar surface area (TPSA) is 61.3 Å². The molecule has 180 valence electrons. The number of anilines is 2. The summed E-state index contributed by atoms with van der Waals surface area (Å²) in [6.45, 7) is 3.27. The number of nitrogen functional groups attached to an aromatic ring is 2. The smallest absolute Gasteiger partial charge is 0.136 e. The average molecular weight is 457 g/mol. The van der Waals surface area contributed by atoms with Gasteiger partial charge in [0, 0.05) is 24.2 Å². The van der Waals surface area contributed by atoms with E-state index < -0.39 is 22.5 Å². The van der Waals surface area contributed by atoms with Crippen molar-refractivity contribution in [1.29, 1.82) is 0 Å². The van der Waals surface area contributed by atoms with Gasteiger partial charge in [-0.15, -0.1) is 0 Å². The second-order valence-electron chi connectivity index (χ2n) is 10.9. The SMILES string of the molecule is CC(F)(CC1(OC2(CC(C)(F)c3ccc(N)cc3)CCCC2)CCCC1)c1ccc(N)cc1. The molecule has 5 heteroatoms. The molecule has 2 aromatic rings. The molecule has 0 aromatic heterocycles. The van der Waals surface area contributed by atoms with Crippen molar-refractivity contribution in [3.63, 3.8) is 0 Å². The number of alkyl halides is 2. The van der Waals surface area contributed by atoms with Crippen molar-refractivity contribution < 1.29 is 13.5 Å². The number of rotatable bonds is 8. The van der Waals surface area contributed by atoms with Crippen LogP contribution < -0.4 is 11.5 Å². The highest BCUT2D eigenvalue weighted by molar-refractivity contribution is 5.41. The number of hydrogen-bond acceptors (Lipinski definition) is 3. The Hall–Kier alpha value is -2.14. The van der Waals surface area contributed by atoms with Gasteiger partial charge in [-0.1, -0.05) is 49.9 Å². The molecule has 0 amide bonds. The Labute approximate surface area is 196 Å². The number of ether oxygens (including phenoxy) is 1. The predicted molar refractivity (Wildman–Crippen MR) is 131 cm³/mol. The summed E-state index contributed by atoms with van der Waals surface area (Å²) in [4.78, 5) is 0. The van der Waals surface area contributed by atoms with Crippen molar-refractivity contribution >= 4 is 11.4 Å². The molecule has 4 rings (SSSR count). The Morgan fingerprint density at radius 1 is 0.667 bits per heavy atom. The van der Waals surface area contributed by atoms with Gasteiger partial charge < -0.3 is 16.2 Å². The van der Waals surface area contributed by atoms with Gasteiger partial charge in [0.2, 0.25) is 0 Å². The molecule has 2 fully saturated rings. The van der Waals surface area contributed by atoms with Crippen LogP contribution in [0.4, 0.5) is 20.2 Å². The van der Waals surface area contributed by atoms with Crippen LogP contribution in [0.5, 0.6) is 0 Å². The minimum Gasteiger partial charge on any atom is -0.399 e. The summed E-state index contributed by atoms with van der Waals surface area (Å²) in [5.41, 5.74) is 9.85. The van der Waals surface area contributed by atoms with Crippen molar-refractivity contribution in [1.82, 2.24) is 0 Å². The zero-order valence-corrected chi connectivity index (χ0v) is 20.0. The molecule has 33 heavy (non-hydrogen) atoms. The van der Waals surface area contributed by atoms with E-state index in [-0.39, 0.29) is 12.8 Å². The Bertz CT molecular complexity index is 848. The predicted octanol–water partition coefficient (Wildman–Crippen LogP) is 7.34. The zero-order valence-electron chi connectivity index (χ0n) is 20.0. The van der Waals surface area contributed by atoms with Gasteiger partial charge in [0.1, 0.15) is 11.3 Å². The van der Waals surface area contributed by atoms with Gasteiger partial charge in [0.05, 0.1) is 11.2 Å². The Balaban J connectivity index is 1.59. The monoisotopic (exact) mass is 456 g/mol. The standard InChI is InChI=1S/C28H38F2N2O/c1-25(29,21-7-11-23(31)12-8-21)19-27(15-3-4-16-27)33-28(17-5-6-18-28)20-26(2,30)22-9-13-24(32)14-10-22/h7-14H,3-6,15-20,31-32H2,1-2H3. The highest BCUT2D eigenvalue weighted by Crippen LogP contribution is 2.52. The van der Waals surface area contributed by atoms with E-state index in [0.29, 0.717) is 22.5 Å². The van der Waals surface area contributed by atoms with Crippen LogP contribution in [0, 0.1) is 0 Å². The van der Waals surface area contributed by atoms with Crippen LogP contribution in [-0.4, -0.2) is 11.2 Å². The first-order valence-electron chi connectivity index (χ1n) is 12.3. The lowest BCUT2D eigenvalue weighted by Crippen LogP contribution is -2.47. The van der Waals surface area contributed by atoms with Gasteiger partial charge in [-0.05, 0) is 74.9 Å². The van der Waals surface area contributed by atoms with E-state index in [1.54, 1.807) is 62.4 Å². The molecule has 0 radical (unpaired) electrons. The van der Waals surface area contributed by atoms with Crippen LogP contribution in [0.15, 0.2) is 48.5 Å². The lowest BCUT2D eigenvalue weighted by molar-refractivity contribution is -0.185. The quantitative estimate of drug-likeness (QED) is 0.408. The number of nitrogens with two attached hydrogens (primary N) is 2. The summed E-state index contributed by atoms with van der Waals surface area (Å²) in [7, 11) is 0. The van der Waals surface area contributed by atoms with Gasteiger partial charge in [-0.3, -0.25) is 0 Å². The van der Waals surface area contributed by atoms with Crippen molar-refractivity contribution in [2.24, 2.45) is 0 Å². The Kier molecular flexibility index (Phi) is 6.47. The maximum Gasteiger partial charge on any atom is 0.136 e. The number of hydrogen-bond donors (Lipinski definition) is 2. The molecule has 0 heterocycles. The fourth-order valence-electron chi connectivity index (χ4n) is 6.20. The van der Waals surface area contributed by atoms with E-state index >= 15 is 8.78 Å². The highest BCUT2D eigenvalue weighted by atomic mass is 19.1. The van der Waals surface area contributed by atoms with Crippen molar-refractivity contribution in [3.8, 4) is 0 Å². The van der Waals surface area contributed by atoms with Gasteiger partial charge in [0.15, 0.2) is 0 Å². The minimum absolute atomic E-state index is 0.274. The molecule has 0 saturated heterocycles. The van der Waals surface area contributed by atoms with Crippen LogP contribution >= 0.6 is 0 Å². The van der Waals surface area contributed by atoms with Gasteiger partial charge in [0.25, 0.3) is 0 Å². The fraction of sp³-hybridized carbons (Fsp3) is 0.571. The Morgan fingerprint density at radius 2 is 0.970 bits per heavy atom. The molecule has 2 aromatic carbocycles. The maximum atomic E-state index is 16.1. The van der Waals surface area contributed by atoms with Crippen LogP contribution in [-0.2, 0) is 16.1 Å². The molecule has 4 N–H and O–H groups in total. The van der Waals surface area contributed by atoms with Crippen LogP contribution in [0.3, 0.4) is 0 Å². The van der Waals surface area contributed by atoms with Gasteiger partial charge in [-0.2, -0.15) is 0 Å². The highest BCUT2D eigenvalue weighted by Gasteiger charge is 2.51. The number of benzene rings is 2. The van der Waals surface area contributed by atoms with E-state index in [1.165, 1.54) is 0 Å². The molecule has 0 spiro atoms. The van der Waals surface area contributed by atoms with Crippen molar-refractivity contribution in [2.45, 2.75) is 101 Å². The van der Waals surface area contributed by atoms with Gasteiger partial charge >= 0.3 is 0 Å². The fourth-order valence-corrected chi connectivity index (χ4v) is 6.20. The molecule has 3 nitrogen and oxygen atoms in total. The molecule has 2 aliphatic carbocycles. The third-order valence-electron chi connectivity index (χ3n) is 7.80. The first-order chi connectivity index (χ1) is 15.5. The molecular weight excluding hydrogens is 418 g/mol. The summed E-state index contributed by atoms with van der Waals surface area (Å²) >= 11 is 0. The molecule has 2 unspecified atom stereocenters. The third-order valence-corrected chi connectivity index (χ3v) is 7.80. The second kappa shape index (κ2) is 8.90. The van der Waals surface area contributed by atoms with Crippen molar-refractivity contribution in [2.75, 3.05) is 11.5 Å². The first-order valence-corrected chi connectivity index (χ1v) is 12.3. The average Bonchev–Trinajstić information content (AvgIpc) is 3.37. The molecule has 0 bridgehead atoms. The summed E-state index contributed by atoms with van der Waals surface area (Å²) in [5, 5.41) is 0. The number of halogens is 2. The zero-order chi connectivity index (χ0) is 23.7. The largest absolute Gasteiger partial charge is 0.399 e. The van der Waals surface area contributed by atoms with Crippen LogP contribution in [0.1, 0.15) is 89.2 Å². The second-order valence-corrected chi connectivity index (χ2v) is 10.9. The van der Waals surface area contributed by atoms with E-state index in [9.17, 15) is 0 Å². The summed E-state index contributed by atoms with van der Waals surface area (Å²) in [5.74, 6) is 0. The molecule has 2 saturated carbocycles. The summed E-state index contributed by atoms with van der Waals surface area (Å²) < 4.78 is 39.1. The third kappa shape index (κ3) is 5.34. The first kappa shape index (κ1) is 24.0. The van der Waals surface area contributed by atoms with E-state index in [1.807, 2.05) is 0 Å². The van der Waals surface area contributed by atoms with E-state index in [2.05, 4.69) is 0 Å². The van der Waals surface area contributed by atoms with Gasteiger partial charge in [-0.25, -0.2) is 8.78 Å². The maximum absolute atomic E-state index is 16.1. The Morgan fingerprint density at radius 3 is 1.27 bits per heavy atom. The molecular formula is C28H38F2N2O. The minimum atomic E-state index is -1.55. The van der Waals surface area contributed by atoms with Crippen LogP contribution in [0.25, 0.3) is 0 Å². The lowest BCUT2D eigenvalue weighted by atomic mass is 9.80. The molecule has 2 aliphatic rings. The van der Waals surface area contributed by atoms with Crippen LogP contribution in [0.2, 0.25) is 0 Å². The summed E-state index contributed by atoms with van der Waals surface area (Å²) in [6, 6.07) is 14.0. The lowest BCUT2D eigenvalue weighted by Gasteiger charge is -2.45. The van der Waals surface area contributed by atoms with E-state index in [0.717, 1.165) is 51.4 Å². The molecule has 2 atom stereocenters. The normalized spacial score (nSPS) is 23.2.